The van der Waals surface area contributed by atoms with Crippen LogP contribution in [0.15, 0.2) is 23.2 Å². The predicted octanol–water partition coefficient (Wildman–Crippen LogP) is 4.83. The molecule has 1 atom stereocenters. The molecule has 1 aromatic carbocycles. The van der Waals surface area contributed by atoms with Gasteiger partial charge in [-0.15, -0.1) is 4.99 Å². The molecule has 1 saturated heterocycles. The molecule has 0 aromatic heterocycles. The number of aliphatic imine (C=N–C) groups is 1. The van der Waals surface area contributed by atoms with Crippen molar-refractivity contribution in [2.75, 3.05) is 5.73 Å². The molecule has 1 unspecified atom stereocenters. The van der Waals surface area contributed by atoms with Crippen LogP contribution in [0.2, 0.25) is 5.02 Å². The molecule has 2 amide bonds. The van der Waals surface area contributed by atoms with E-state index in [9.17, 15) is 18.4 Å². The molecule has 3 N–H and O–H groups in total. The molecular formula is C22H29ClF2N4O3. The van der Waals surface area contributed by atoms with Crippen molar-refractivity contribution >= 4 is 35.2 Å². The lowest BCUT2D eigenvalue weighted by molar-refractivity contribution is -0.134. The number of alkyl halides is 2. The Labute approximate surface area is 191 Å². The van der Waals surface area contributed by atoms with Crippen molar-refractivity contribution in [1.29, 1.82) is 0 Å². The Morgan fingerprint density at radius 1 is 1.31 bits per heavy atom. The Morgan fingerprint density at radius 3 is 2.53 bits per heavy atom. The highest BCUT2D eigenvalue weighted by Gasteiger charge is 2.46. The Kier molecular flexibility index (Phi) is 6.43. The maximum Gasteiger partial charge on any atom is 0.437 e. The minimum absolute atomic E-state index is 0.0175. The highest BCUT2D eigenvalue weighted by atomic mass is 35.5. The predicted molar refractivity (Wildman–Crippen MR) is 119 cm³/mol. The number of rotatable bonds is 2. The Bertz CT molecular complexity index is 938. The maximum atomic E-state index is 13.7. The second-order valence-electron chi connectivity index (χ2n) is 9.61. The summed E-state index contributed by atoms with van der Waals surface area (Å²) in [5.74, 6) is -3.14. The molecule has 10 heteroatoms. The van der Waals surface area contributed by atoms with Gasteiger partial charge in [0.15, 0.2) is 0 Å². The van der Waals surface area contributed by atoms with E-state index in [0.717, 1.165) is 0 Å². The van der Waals surface area contributed by atoms with Crippen LogP contribution in [0.4, 0.5) is 19.3 Å². The van der Waals surface area contributed by atoms with Crippen molar-refractivity contribution in [2.45, 2.75) is 82.9 Å². The van der Waals surface area contributed by atoms with Gasteiger partial charge < -0.3 is 15.8 Å². The van der Waals surface area contributed by atoms with Gasteiger partial charge in [-0.3, -0.25) is 9.69 Å². The molecule has 1 saturated carbocycles. The number of nitrogens with zero attached hydrogens (tertiary/aromatic N) is 2. The van der Waals surface area contributed by atoms with Crippen LogP contribution in [-0.2, 0) is 15.1 Å². The second kappa shape index (κ2) is 8.50. The number of anilines is 1. The van der Waals surface area contributed by atoms with Crippen molar-refractivity contribution in [3.63, 3.8) is 0 Å². The first kappa shape index (κ1) is 24.2. The highest BCUT2D eigenvalue weighted by molar-refractivity contribution is 6.34. The average molecular weight is 471 g/mol. The van der Waals surface area contributed by atoms with Gasteiger partial charge in [0.05, 0.1) is 22.7 Å². The van der Waals surface area contributed by atoms with Gasteiger partial charge >= 0.3 is 6.09 Å². The number of benzene rings is 1. The molecule has 1 heterocycles. The third kappa shape index (κ3) is 5.31. The van der Waals surface area contributed by atoms with E-state index in [-0.39, 0.29) is 49.0 Å². The second-order valence-corrected chi connectivity index (χ2v) is 9.99. The number of carbonyl (C=O) groups excluding carboxylic acids is 2. The van der Waals surface area contributed by atoms with Crippen LogP contribution < -0.4 is 11.1 Å². The average Bonchev–Trinajstić information content (AvgIpc) is 2.63. The number of carbonyl (C=O) groups is 2. The summed E-state index contributed by atoms with van der Waals surface area (Å²) in [5.41, 5.74) is 5.05. The fourth-order valence-electron chi connectivity index (χ4n) is 4.11. The largest absolute Gasteiger partial charge is 0.442 e. The van der Waals surface area contributed by atoms with E-state index in [1.807, 2.05) is 0 Å². The summed E-state index contributed by atoms with van der Waals surface area (Å²) in [7, 11) is 0. The molecule has 1 aliphatic heterocycles. The third-order valence-corrected chi connectivity index (χ3v) is 6.08. The molecule has 1 aromatic rings. The van der Waals surface area contributed by atoms with E-state index in [4.69, 9.17) is 22.1 Å². The van der Waals surface area contributed by atoms with Crippen molar-refractivity contribution in [3.8, 4) is 0 Å². The van der Waals surface area contributed by atoms with Crippen LogP contribution >= 0.6 is 11.6 Å². The van der Waals surface area contributed by atoms with Gasteiger partial charge in [0.1, 0.15) is 5.60 Å². The Balaban J connectivity index is 1.99. The van der Waals surface area contributed by atoms with E-state index in [2.05, 4.69) is 10.3 Å². The zero-order chi connectivity index (χ0) is 23.9. The van der Waals surface area contributed by atoms with Crippen molar-refractivity contribution < 1.29 is 23.1 Å². The van der Waals surface area contributed by atoms with Crippen LogP contribution in [0.3, 0.4) is 0 Å². The van der Waals surface area contributed by atoms with E-state index in [1.165, 1.54) is 4.90 Å². The minimum atomic E-state index is -2.76. The number of nitrogen functional groups attached to an aromatic ring is 1. The molecule has 2 fully saturated rings. The lowest BCUT2D eigenvalue weighted by Gasteiger charge is -2.45. The normalized spacial score (nSPS) is 25.5. The van der Waals surface area contributed by atoms with Gasteiger partial charge in [-0.1, -0.05) is 23.7 Å². The highest BCUT2D eigenvalue weighted by Crippen LogP contribution is 2.40. The first-order chi connectivity index (χ1) is 14.7. The molecule has 0 spiro atoms. The lowest BCUT2D eigenvalue weighted by Crippen LogP contribution is -2.63. The summed E-state index contributed by atoms with van der Waals surface area (Å²) >= 11 is 6.42. The molecule has 32 heavy (non-hydrogen) atoms. The standard InChI is InChI=1S/C22H29ClF2N4O3/c1-20(2,3)32-19(31)27-18-28-21(4,14-6-5-7-15(26)17(14)23)12-16(30)29(18)13-8-10-22(24,25)11-9-13/h5-7,13H,8-12,26H2,1-4H3,(H,27,28,31). The fraction of sp³-hybridized carbons (Fsp3) is 0.591. The van der Waals surface area contributed by atoms with E-state index < -0.39 is 29.2 Å². The van der Waals surface area contributed by atoms with Crippen LogP contribution in [0, 0.1) is 0 Å². The van der Waals surface area contributed by atoms with Gasteiger partial charge in [0, 0.05) is 18.9 Å². The fourth-order valence-corrected chi connectivity index (χ4v) is 4.44. The van der Waals surface area contributed by atoms with Crippen molar-refractivity contribution in [1.82, 2.24) is 10.2 Å². The van der Waals surface area contributed by atoms with Crippen LogP contribution in [0.1, 0.15) is 65.4 Å². The number of hydrogen-bond donors (Lipinski definition) is 2. The van der Waals surface area contributed by atoms with E-state index in [0.29, 0.717) is 11.3 Å². The van der Waals surface area contributed by atoms with Crippen LogP contribution in [0.25, 0.3) is 0 Å². The summed E-state index contributed by atoms with van der Waals surface area (Å²) < 4.78 is 32.7. The molecule has 3 rings (SSSR count). The van der Waals surface area contributed by atoms with Gasteiger partial charge in [-0.25, -0.2) is 13.6 Å². The number of ether oxygens (including phenoxy) is 1. The Hall–Kier alpha value is -2.42. The summed E-state index contributed by atoms with van der Waals surface area (Å²) in [5, 5.41) is 3.45. The number of nitrogens with one attached hydrogen (secondary N) is 1. The number of hydrogen-bond acceptors (Lipinski definition) is 4. The van der Waals surface area contributed by atoms with Crippen LogP contribution in [0.5, 0.6) is 0 Å². The maximum absolute atomic E-state index is 13.7. The first-order valence-corrected chi connectivity index (χ1v) is 10.9. The van der Waals surface area contributed by atoms with E-state index >= 15 is 0 Å². The number of amides is 2. The van der Waals surface area contributed by atoms with Gasteiger partial charge in [-0.05, 0) is 52.2 Å². The summed E-state index contributed by atoms with van der Waals surface area (Å²) in [4.78, 5) is 31.1. The van der Waals surface area contributed by atoms with E-state index in [1.54, 1.807) is 45.9 Å². The smallest absolute Gasteiger partial charge is 0.437 e. The number of nitrogens with two attached hydrogens (primary N) is 1. The van der Waals surface area contributed by atoms with Gasteiger partial charge in [-0.2, -0.15) is 0 Å². The third-order valence-electron chi connectivity index (χ3n) is 5.65. The molecule has 0 radical (unpaired) electrons. The van der Waals surface area contributed by atoms with Crippen molar-refractivity contribution in [2.24, 2.45) is 4.99 Å². The van der Waals surface area contributed by atoms with Crippen molar-refractivity contribution in [3.05, 3.63) is 28.8 Å². The zero-order valence-corrected chi connectivity index (χ0v) is 19.4. The quantitative estimate of drug-likeness (QED) is 0.603. The van der Waals surface area contributed by atoms with Gasteiger partial charge in [0.25, 0.3) is 0 Å². The molecule has 7 nitrogen and oxygen atoms in total. The monoisotopic (exact) mass is 470 g/mol. The number of guanidine groups is 1. The molecule has 0 bridgehead atoms. The first-order valence-electron chi connectivity index (χ1n) is 10.5. The minimum Gasteiger partial charge on any atom is -0.442 e. The topological polar surface area (TPSA) is 97.0 Å². The number of halogens is 3. The Morgan fingerprint density at radius 2 is 1.94 bits per heavy atom. The zero-order valence-electron chi connectivity index (χ0n) is 18.7. The molecular weight excluding hydrogens is 442 g/mol. The van der Waals surface area contributed by atoms with Crippen LogP contribution in [-0.4, -0.2) is 40.4 Å². The summed E-state index contributed by atoms with van der Waals surface area (Å²) in [6.07, 6.45) is -1.37. The summed E-state index contributed by atoms with van der Waals surface area (Å²) in [6, 6.07) is 4.59. The molecule has 2 aliphatic rings. The SMILES string of the molecule is CC(C)(C)OC(=O)N=C1NC(C)(c2cccc(N)c2Cl)CC(=O)N1C1CCC(F)(F)CC1. The lowest BCUT2D eigenvalue weighted by atomic mass is 9.84. The molecule has 176 valence electrons. The van der Waals surface area contributed by atoms with Gasteiger partial charge in [0.2, 0.25) is 17.8 Å². The molecule has 1 aliphatic carbocycles. The summed E-state index contributed by atoms with van der Waals surface area (Å²) in [6.45, 7) is 6.84.